The molecule has 0 bridgehead atoms. The molecule has 0 aliphatic heterocycles. The van der Waals surface area contributed by atoms with Crippen LogP contribution in [0, 0.1) is 0 Å². The fourth-order valence-electron chi connectivity index (χ4n) is 0.421. The van der Waals surface area contributed by atoms with Crippen LogP contribution in [0.25, 0.3) is 0 Å². The van der Waals surface area contributed by atoms with Crippen molar-refractivity contribution < 1.29 is 72.1 Å². The Bertz CT molecular complexity index is 609. The Morgan fingerprint density at radius 2 is 0.821 bits per heavy atom. The molecule has 0 aliphatic carbocycles. The van der Waals surface area contributed by atoms with Crippen LogP contribution in [0.1, 0.15) is 0 Å². The third-order valence-electron chi connectivity index (χ3n) is 1.32. The summed E-state index contributed by atoms with van der Waals surface area (Å²) in [6, 6.07) is 4.00. The second-order valence-corrected chi connectivity index (χ2v) is 5.89. The van der Waals surface area contributed by atoms with Crippen LogP contribution < -0.4 is 30.8 Å². The maximum Gasteiger partial charge on any atom is 2.00 e. The molecule has 21 heteroatoms. The maximum atomic E-state index is 10.7. The van der Waals surface area contributed by atoms with Gasteiger partial charge < -0.3 is 44.4 Å². The molecule has 0 fully saturated rings. The van der Waals surface area contributed by atoms with Gasteiger partial charge in [-0.2, -0.15) is 26.3 Å². The molecule has 0 saturated heterocycles. The summed E-state index contributed by atoms with van der Waals surface area (Å²) in [5.74, 6) is 0. The van der Waals surface area contributed by atoms with E-state index in [4.69, 9.17) is 25.9 Å². The van der Waals surface area contributed by atoms with Crippen molar-refractivity contribution >= 4 is 20.2 Å². The summed E-state index contributed by atoms with van der Waals surface area (Å²) in [5, 5.41) is 0. The Morgan fingerprint density at radius 3 is 0.857 bits per heavy atom. The molecular weight excluding hydrogens is 632 g/mol. The first kappa shape index (κ1) is 50.6. The van der Waals surface area contributed by atoms with Crippen LogP contribution in [0.5, 0.6) is 0 Å². The molecule has 12 nitrogen and oxygen atoms in total. The minimum atomic E-state index is -6.09. The molecule has 1 heterocycles. The summed E-state index contributed by atoms with van der Waals surface area (Å²) in [6.07, 6.45) is 4.00. The van der Waals surface area contributed by atoms with Crippen molar-refractivity contribution in [2.45, 2.75) is 11.0 Å². The zero-order chi connectivity index (χ0) is 18.4. The normalized spacial score (nSPS) is 9.89. The molecule has 0 aromatic carbocycles. The number of hydrogen-bond acceptors (Lipinski definition) is 11. The minimum absolute atomic E-state index is 0. The molecule has 0 aliphatic rings. The van der Waals surface area contributed by atoms with E-state index in [9.17, 15) is 26.3 Å². The Balaban J connectivity index is -0.0000000324. The van der Waals surface area contributed by atoms with Crippen molar-refractivity contribution in [1.29, 1.82) is 0 Å². The number of alkyl halides is 6. The van der Waals surface area contributed by atoms with Crippen LogP contribution >= 0.6 is 0 Å². The van der Waals surface area contributed by atoms with Gasteiger partial charge in [0.15, 0.2) is 20.2 Å². The number of rotatable bonds is 0. The molecule has 0 spiro atoms. The maximum absolute atomic E-state index is 10.7. The van der Waals surface area contributed by atoms with E-state index in [0.29, 0.717) is 0 Å². The van der Waals surface area contributed by atoms with Gasteiger partial charge in [-0.15, -0.1) is 0 Å². The summed E-state index contributed by atoms with van der Waals surface area (Å²) in [6.45, 7) is 0. The minimum Gasteiger partial charge on any atom is -0.741 e. The van der Waals surface area contributed by atoms with Gasteiger partial charge >= 0.3 is 30.8 Å². The van der Waals surface area contributed by atoms with Gasteiger partial charge in [0.05, 0.1) is 0 Å². The second kappa shape index (κ2) is 18.2. The molecule has 1 aromatic rings. The van der Waals surface area contributed by atoms with E-state index in [1.807, 2.05) is 36.1 Å². The average molecular weight is 655 g/mol. The average Bonchev–Trinajstić information content (AvgIpc) is 2.64. The van der Waals surface area contributed by atoms with Gasteiger partial charge in [0.1, 0.15) is 0 Å². The Kier molecular flexibility index (Phi) is 32.8. The Morgan fingerprint density at radius 1 is 0.679 bits per heavy atom. The summed E-state index contributed by atoms with van der Waals surface area (Å²) in [7, 11) is -10.2. The van der Waals surface area contributed by atoms with Crippen LogP contribution in [0.4, 0.5) is 26.3 Å². The third kappa shape index (κ3) is 25.1. The topological polar surface area (TPSA) is 294 Å². The van der Waals surface area contributed by atoms with Crippen LogP contribution in [-0.2, 0) is 47.1 Å². The largest absolute Gasteiger partial charge is 2.00 e. The number of hydrogen-bond donors (Lipinski definition) is 5. The monoisotopic (exact) mass is 656 g/mol. The summed E-state index contributed by atoms with van der Waals surface area (Å²) in [5.41, 5.74) is -11.3. The predicted octanol–water partition coefficient (Wildman–Crippen LogP) is 1.94. The van der Waals surface area contributed by atoms with E-state index in [-0.39, 0.29) is 50.5 Å². The van der Waals surface area contributed by atoms with Crippen LogP contribution in [0.2, 0.25) is 0 Å². The molecule has 0 unspecified atom stereocenters. The molecular formula is C7H22F6N6O6OsS2. The molecule has 0 saturated carbocycles. The SMILES string of the molecule is Cn1cccc1.N.N.N.N.N.O=S(=O)([O-])C(F)(F)F.O=S(=O)([O-])C(F)(F)F.[Os+2]. The molecule has 1 aromatic heterocycles. The van der Waals surface area contributed by atoms with E-state index in [0.717, 1.165) is 0 Å². The smallest absolute Gasteiger partial charge is 0.741 e. The van der Waals surface area contributed by atoms with E-state index < -0.39 is 31.3 Å². The zero-order valence-corrected chi connectivity index (χ0v) is 18.4. The van der Waals surface area contributed by atoms with Crippen LogP contribution in [0.15, 0.2) is 24.5 Å². The molecule has 0 amide bonds. The molecule has 178 valence electrons. The van der Waals surface area contributed by atoms with Crippen molar-refractivity contribution in [2.24, 2.45) is 7.05 Å². The Hall–Kier alpha value is -0.884. The summed E-state index contributed by atoms with van der Waals surface area (Å²) < 4.78 is 120. The van der Waals surface area contributed by atoms with Crippen molar-refractivity contribution in [3.63, 3.8) is 0 Å². The van der Waals surface area contributed by atoms with Crippen molar-refractivity contribution in [2.75, 3.05) is 0 Å². The van der Waals surface area contributed by atoms with E-state index in [1.165, 1.54) is 0 Å². The zero-order valence-electron chi connectivity index (χ0n) is 14.2. The van der Waals surface area contributed by atoms with Crippen molar-refractivity contribution in [3.8, 4) is 0 Å². The van der Waals surface area contributed by atoms with Crippen molar-refractivity contribution in [1.82, 2.24) is 35.3 Å². The van der Waals surface area contributed by atoms with Gasteiger partial charge in [-0.1, -0.05) is 0 Å². The molecule has 15 N–H and O–H groups in total. The summed E-state index contributed by atoms with van der Waals surface area (Å²) >= 11 is 0. The first-order valence-electron chi connectivity index (χ1n) is 4.51. The quantitative estimate of drug-likeness (QED) is 0.153. The van der Waals surface area contributed by atoms with E-state index in [2.05, 4.69) is 0 Å². The van der Waals surface area contributed by atoms with Crippen LogP contribution in [-0.4, -0.2) is 41.5 Å². The standard InChI is InChI=1S/C5H7N.2CHF3O3S.5H3N.Os/c1-6-4-2-3-5-6;2*2-1(3,4)8(5,6)7;;;;;;/h2-5H,1H3;2*(H,5,6,7);5*1H3;/q;;;;;;;;+2/p-2. The number of aromatic nitrogens is 1. The fourth-order valence-corrected chi connectivity index (χ4v) is 0.421. The number of aryl methyl sites for hydroxylation is 1. The fraction of sp³-hybridized carbons (Fsp3) is 0.429. The van der Waals surface area contributed by atoms with Gasteiger partial charge in [0.25, 0.3) is 0 Å². The van der Waals surface area contributed by atoms with E-state index >= 15 is 0 Å². The van der Waals surface area contributed by atoms with Gasteiger partial charge in [-0.05, 0) is 12.1 Å². The second-order valence-electron chi connectivity index (χ2n) is 3.15. The first-order valence-corrected chi connectivity index (χ1v) is 7.32. The van der Waals surface area contributed by atoms with E-state index in [1.54, 1.807) is 0 Å². The number of halogens is 6. The van der Waals surface area contributed by atoms with Gasteiger partial charge in [-0.3, -0.25) is 0 Å². The van der Waals surface area contributed by atoms with Crippen molar-refractivity contribution in [3.05, 3.63) is 24.5 Å². The van der Waals surface area contributed by atoms with Gasteiger partial charge in [0, 0.05) is 19.4 Å². The first-order chi connectivity index (χ1) is 9.39. The molecule has 0 radical (unpaired) electrons. The Labute approximate surface area is 170 Å². The molecule has 28 heavy (non-hydrogen) atoms. The van der Waals surface area contributed by atoms with Gasteiger partial charge in [-0.25, -0.2) is 16.8 Å². The third-order valence-corrected chi connectivity index (χ3v) is 2.45. The van der Waals surface area contributed by atoms with Gasteiger partial charge in [0.2, 0.25) is 0 Å². The molecule has 0 atom stereocenters. The molecule has 1 rings (SSSR count). The number of nitrogens with zero attached hydrogens (tertiary/aromatic N) is 1. The van der Waals surface area contributed by atoms with Crippen LogP contribution in [0.3, 0.4) is 0 Å². The summed E-state index contributed by atoms with van der Waals surface area (Å²) in [4.78, 5) is 0. The predicted molar refractivity (Wildman–Crippen MR) is 82.0 cm³/mol.